The van der Waals surface area contributed by atoms with E-state index in [2.05, 4.69) is 4.98 Å². The third kappa shape index (κ3) is 3.46. The average molecular weight is 197 g/mol. The van der Waals surface area contributed by atoms with Crippen molar-refractivity contribution in [3.05, 3.63) is 24.5 Å². The molecule has 1 heterocycles. The third-order valence-electron chi connectivity index (χ3n) is 1.57. The molecule has 0 aliphatic heterocycles. The van der Waals surface area contributed by atoms with Gasteiger partial charge in [0.1, 0.15) is 0 Å². The van der Waals surface area contributed by atoms with Gasteiger partial charge in [0.05, 0.1) is 5.92 Å². The Balaban J connectivity index is 2.39. The molecule has 1 aromatic heterocycles. The van der Waals surface area contributed by atoms with Crippen LogP contribution >= 0.6 is 11.8 Å². The van der Waals surface area contributed by atoms with E-state index in [1.807, 2.05) is 12.1 Å². The molecule has 0 saturated carbocycles. The number of carboxylic acid groups (broad SMARTS) is 1. The highest BCUT2D eigenvalue weighted by Crippen LogP contribution is 2.19. The molecule has 1 atom stereocenters. The van der Waals surface area contributed by atoms with Crippen molar-refractivity contribution in [2.75, 3.05) is 5.75 Å². The maximum atomic E-state index is 10.5. The fourth-order valence-electron chi connectivity index (χ4n) is 0.727. The SMILES string of the molecule is CC(CSc1ccncc1)C(=O)O. The van der Waals surface area contributed by atoms with E-state index in [9.17, 15) is 4.79 Å². The Labute approximate surface area is 81.2 Å². The molecular weight excluding hydrogens is 186 g/mol. The van der Waals surface area contributed by atoms with Gasteiger partial charge < -0.3 is 5.11 Å². The molecule has 0 aliphatic carbocycles. The molecule has 0 spiro atoms. The van der Waals surface area contributed by atoms with Gasteiger partial charge in [-0.05, 0) is 12.1 Å². The summed E-state index contributed by atoms with van der Waals surface area (Å²) in [4.78, 5) is 15.4. The lowest BCUT2D eigenvalue weighted by Crippen LogP contribution is -2.11. The van der Waals surface area contributed by atoms with Crippen LogP contribution in [0.4, 0.5) is 0 Å². The Morgan fingerprint density at radius 2 is 2.23 bits per heavy atom. The predicted molar refractivity (Wildman–Crippen MR) is 51.8 cm³/mol. The van der Waals surface area contributed by atoms with Gasteiger partial charge >= 0.3 is 5.97 Å². The maximum absolute atomic E-state index is 10.5. The summed E-state index contributed by atoms with van der Waals surface area (Å²) in [6, 6.07) is 3.75. The summed E-state index contributed by atoms with van der Waals surface area (Å²) in [6.07, 6.45) is 3.40. The van der Waals surface area contributed by atoms with Crippen LogP contribution in [0.5, 0.6) is 0 Å². The summed E-state index contributed by atoms with van der Waals surface area (Å²) < 4.78 is 0. The number of thioether (sulfide) groups is 1. The molecule has 0 saturated heterocycles. The summed E-state index contributed by atoms with van der Waals surface area (Å²) in [7, 11) is 0. The highest BCUT2D eigenvalue weighted by atomic mass is 32.2. The molecule has 0 aromatic carbocycles. The molecule has 0 aliphatic rings. The van der Waals surface area contributed by atoms with Crippen LogP contribution in [0.1, 0.15) is 6.92 Å². The Morgan fingerprint density at radius 1 is 1.62 bits per heavy atom. The topological polar surface area (TPSA) is 50.2 Å². The van der Waals surface area contributed by atoms with E-state index in [-0.39, 0.29) is 5.92 Å². The number of rotatable bonds is 4. The van der Waals surface area contributed by atoms with Crippen LogP contribution < -0.4 is 0 Å². The number of nitrogens with zero attached hydrogens (tertiary/aromatic N) is 1. The molecule has 0 radical (unpaired) electrons. The zero-order chi connectivity index (χ0) is 9.68. The van der Waals surface area contributed by atoms with E-state index >= 15 is 0 Å². The Bertz CT molecular complexity index is 276. The van der Waals surface area contributed by atoms with Gasteiger partial charge in [-0.15, -0.1) is 11.8 Å². The number of hydrogen-bond donors (Lipinski definition) is 1. The molecule has 0 amide bonds. The molecule has 1 rings (SSSR count). The molecule has 1 N–H and O–H groups in total. The zero-order valence-electron chi connectivity index (χ0n) is 7.30. The molecular formula is C9H11NO2S. The second-order valence-electron chi connectivity index (χ2n) is 2.73. The molecule has 1 aromatic rings. The van der Waals surface area contributed by atoms with Crippen LogP contribution in [0.3, 0.4) is 0 Å². The van der Waals surface area contributed by atoms with E-state index in [1.54, 1.807) is 19.3 Å². The standard InChI is InChI=1S/C9H11NO2S/c1-7(9(11)12)6-13-8-2-4-10-5-3-8/h2-5,7H,6H2,1H3,(H,11,12). The first-order valence-electron chi connectivity index (χ1n) is 3.96. The summed E-state index contributed by atoms with van der Waals surface area (Å²) >= 11 is 1.54. The van der Waals surface area contributed by atoms with Gasteiger partial charge in [0.15, 0.2) is 0 Å². The Kier molecular flexibility index (Phi) is 3.76. The highest BCUT2D eigenvalue weighted by molar-refractivity contribution is 7.99. The molecule has 0 bridgehead atoms. The van der Waals surface area contributed by atoms with E-state index in [0.29, 0.717) is 5.75 Å². The molecule has 1 unspecified atom stereocenters. The molecule has 4 heteroatoms. The van der Waals surface area contributed by atoms with Gasteiger partial charge in [0.2, 0.25) is 0 Å². The van der Waals surface area contributed by atoms with E-state index in [4.69, 9.17) is 5.11 Å². The summed E-state index contributed by atoms with van der Waals surface area (Å²) in [5, 5.41) is 8.63. The minimum Gasteiger partial charge on any atom is -0.481 e. The van der Waals surface area contributed by atoms with Crippen LogP contribution in [0.25, 0.3) is 0 Å². The lowest BCUT2D eigenvalue weighted by atomic mass is 10.2. The summed E-state index contributed by atoms with van der Waals surface area (Å²) in [5.41, 5.74) is 0. The lowest BCUT2D eigenvalue weighted by molar-refractivity contribution is -0.140. The fourth-order valence-corrected chi connectivity index (χ4v) is 1.63. The van der Waals surface area contributed by atoms with Gasteiger partial charge in [0.25, 0.3) is 0 Å². The van der Waals surface area contributed by atoms with E-state index in [1.165, 1.54) is 11.8 Å². The van der Waals surface area contributed by atoms with Gasteiger partial charge in [-0.1, -0.05) is 6.92 Å². The molecule has 70 valence electrons. The van der Waals surface area contributed by atoms with Gasteiger partial charge in [-0.25, -0.2) is 0 Å². The average Bonchev–Trinajstić information content (AvgIpc) is 2.15. The minimum atomic E-state index is -0.749. The molecule has 13 heavy (non-hydrogen) atoms. The van der Waals surface area contributed by atoms with Crippen molar-refractivity contribution in [2.45, 2.75) is 11.8 Å². The molecule has 0 fully saturated rings. The first-order valence-corrected chi connectivity index (χ1v) is 4.94. The zero-order valence-corrected chi connectivity index (χ0v) is 8.12. The summed E-state index contributed by atoms with van der Waals surface area (Å²) in [6.45, 7) is 1.70. The van der Waals surface area contributed by atoms with Crippen LogP contribution in [0, 0.1) is 5.92 Å². The van der Waals surface area contributed by atoms with Gasteiger partial charge in [0, 0.05) is 23.0 Å². The van der Waals surface area contributed by atoms with Crippen LogP contribution in [-0.4, -0.2) is 21.8 Å². The highest BCUT2D eigenvalue weighted by Gasteiger charge is 2.10. The van der Waals surface area contributed by atoms with Crippen molar-refractivity contribution in [1.29, 1.82) is 0 Å². The van der Waals surface area contributed by atoms with Crippen molar-refractivity contribution >= 4 is 17.7 Å². The molecule has 3 nitrogen and oxygen atoms in total. The monoisotopic (exact) mass is 197 g/mol. The van der Waals surface area contributed by atoms with E-state index in [0.717, 1.165) is 4.90 Å². The maximum Gasteiger partial charge on any atom is 0.307 e. The number of carboxylic acids is 1. The lowest BCUT2D eigenvalue weighted by Gasteiger charge is -2.04. The number of aliphatic carboxylic acids is 1. The number of pyridine rings is 1. The van der Waals surface area contributed by atoms with Crippen LogP contribution in [0.15, 0.2) is 29.4 Å². The fraction of sp³-hybridized carbons (Fsp3) is 0.333. The number of carbonyl (C=O) groups is 1. The largest absolute Gasteiger partial charge is 0.481 e. The van der Waals surface area contributed by atoms with Gasteiger partial charge in [-0.3, -0.25) is 9.78 Å². The Morgan fingerprint density at radius 3 is 2.77 bits per heavy atom. The van der Waals surface area contributed by atoms with Crippen molar-refractivity contribution < 1.29 is 9.90 Å². The second-order valence-corrected chi connectivity index (χ2v) is 3.83. The summed E-state index contributed by atoms with van der Waals surface area (Å²) in [5.74, 6) is -0.459. The second kappa shape index (κ2) is 4.87. The number of hydrogen-bond acceptors (Lipinski definition) is 3. The normalized spacial score (nSPS) is 12.4. The van der Waals surface area contributed by atoms with Crippen LogP contribution in [-0.2, 0) is 4.79 Å². The minimum absolute atomic E-state index is 0.307. The smallest absolute Gasteiger partial charge is 0.307 e. The number of aromatic nitrogens is 1. The van der Waals surface area contributed by atoms with Crippen molar-refractivity contribution in [3.63, 3.8) is 0 Å². The Hall–Kier alpha value is -1.03. The van der Waals surface area contributed by atoms with Crippen molar-refractivity contribution in [2.24, 2.45) is 5.92 Å². The quantitative estimate of drug-likeness (QED) is 0.749. The van der Waals surface area contributed by atoms with Crippen molar-refractivity contribution in [3.8, 4) is 0 Å². The third-order valence-corrected chi connectivity index (χ3v) is 2.84. The predicted octanol–water partition coefficient (Wildman–Crippen LogP) is 1.89. The van der Waals surface area contributed by atoms with Crippen LogP contribution in [0.2, 0.25) is 0 Å². The first kappa shape index (κ1) is 10.1. The van der Waals surface area contributed by atoms with E-state index < -0.39 is 5.97 Å². The van der Waals surface area contributed by atoms with Crippen molar-refractivity contribution in [1.82, 2.24) is 4.98 Å². The first-order chi connectivity index (χ1) is 6.20. The van der Waals surface area contributed by atoms with Gasteiger partial charge in [-0.2, -0.15) is 0 Å².